The van der Waals surface area contributed by atoms with E-state index in [1.54, 1.807) is 7.11 Å². The lowest BCUT2D eigenvalue weighted by Gasteiger charge is -2.42. The van der Waals surface area contributed by atoms with Gasteiger partial charge in [0.05, 0.1) is 12.6 Å². The molecule has 86 valence electrons. The highest BCUT2D eigenvalue weighted by Crippen LogP contribution is 2.42. The fourth-order valence-electron chi connectivity index (χ4n) is 2.04. The summed E-state index contributed by atoms with van der Waals surface area (Å²) in [5, 5.41) is 0. The van der Waals surface area contributed by atoms with Crippen LogP contribution >= 0.6 is 0 Å². The zero-order valence-corrected chi connectivity index (χ0v) is 10.7. The monoisotopic (exact) mass is 217 g/mol. The van der Waals surface area contributed by atoms with Gasteiger partial charge in [0.2, 0.25) is 0 Å². The van der Waals surface area contributed by atoms with Crippen molar-refractivity contribution in [1.29, 1.82) is 0 Å². The third kappa shape index (κ3) is 1.44. The van der Waals surface area contributed by atoms with E-state index in [0.29, 0.717) is 0 Å². The summed E-state index contributed by atoms with van der Waals surface area (Å²) in [5.74, 6) is 0.915. The van der Waals surface area contributed by atoms with Crippen molar-refractivity contribution < 1.29 is 4.74 Å². The van der Waals surface area contributed by atoms with Crippen LogP contribution in [0.25, 0.3) is 0 Å². The van der Waals surface area contributed by atoms with Crippen LogP contribution in [0.1, 0.15) is 38.8 Å². The number of ether oxygens (including phenoxy) is 1. The summed E-state index contributed by atoms with van der Waals surface area (Å²) in [4.78, 5) is 4.65. The Morgan fingerprint density at radius 2 is 1.81 bits per heavy atom. The van der Waals surface area contributed by atoms with E-state index in [1.807, 2.05) is 12.3 Å². The predicted molar refractivity (Wildman–Crippen MR) is 67.7 cm³/mol. The molecule has 16 heavy (non-hydrogen) atoms. The summed E-state index contributed by atoms with van der Waals surface area (Å²) in [6, 6.07) is 6.19. The van der Waals surface area contributed by atoms with Gasteiger partial charge >= 0.3 is 0 Å². The molecule has 0 radical (unpaired) electrons. The zero-order valence-electron chi connectivity index (χ0n) is 10.7. The Morgan fingerprint density at radius 3 is 2.44 bits per heavy atom. The van der Waals surface area contributed by atoms with Gasteiger partial charge in [0.1, 0.15) is 5.75 Å². The van der Waals surface area contributed by atoms with Crippen LogP contribution in [-0.2, 0) is 5.41 Å². The SMILES string of the molecule is COc1ccc2c(c1)C(C)(C)C(C)(C)N=C2. The lowest BCUT2D eigenvalue weighted by atomic mass is 9.67. The summed E-state index contributed by atoms with van der Waals surface area (Å²) in [7, 11) is 1.71. The van der Waals surface area contributed by atoms with E-state index in [2.05, 4.69) is 44.8 Å². The fraction of sp³-hybridized carbons (Fsp3) is 0.500. The van der Waals surface area contributed by atoms with Gasteiger partial charge < -0.3 is 4.74 Å². The van der Waals surface area contributed by atoms with Gasteiger partial charge in [-0.05, 0) is 43.2 Å². The van der Waals surface area contributed by atoms with Crippen molar-refractivity contribution in [3.05, 3.63) is 29.3 Å². The summed E-state index contributed by atoms with van der Waals surface area (Å²) < 4.78 is 5.30. The van der Waals surface area contributed by atoms with Crippen LogP contribution < -0.4 is 4.74 Å². The van der Waals surface area contributed by atoms with Crippen LogP contribution in [-0.4, -0.2) is 18.9 Å². The molecule has 0 atom stereocenters. The third-order valence-corrected chi connectivity index (χ3v) is 3.99. The fourth-order valence-corrected chi connectivity index (χ4v) is 2.04. The molecule has 0 unspecified atom stereocenters. The topological polar surface area (TPSA) is 21.6 Å². The molecule has 1 heterocycles. The molecule has 1 aliphatic rings. The first kappa shape index (κ1) is 11.2. The van der Waals surface area contributed by atoms with Crippen molar-refractivity contribution in [3.63, 3.8) is 0 Å². The number of fused-ring (bicyclic) bond motifs is 1. The van der Waals surface area contributed by atoms with Crippen molar-refractivity contribution in [1.82, 2.24) is 0 Å². The maximum atomic E-state index is 5.30. The van der Waals surface area contributed by atoms with E-state index in [-0.39, 0.29) is 11.0 Å². The molecular formula is C14H19NO. The molecule has 0 N–H and O–H groups in total. The molecule has 0 aromatic heterocycles. The van der Waals surface area contributed by atoms with Crippen molar-refractivity contribution in [2.75, 3.05) is 7.11 Å². The van der Waals surface area contributed by atoms with Gasteiger partial charge in [0, 0.05) is 11.6 Å². The average molecular weight is 217 g/mol. The van der Waals surface area contributed by atoms with E-state index in [9.17, 15) is 0 Å². The minimum absolute atomic E-state index is 0.0195. The van der Waals surface area contributed by atoms with Gasteiger partial charge in [-0.15, -0.1) is 0 Å². The molecule has 0 saturated carbocycles. The number of rotatable bonds is 1. The Kier molecular flexibility index (Phi) is 2.33. The molecule has 1 aromatic rings. The van der Waals surface area contributed by atoms with Crippen LogP contribution in [0.3, 0.4) is 0 Å². The number of nitrogens with zero attached hydrogens (tertiary/aromatic N) is 1. The quantitative estimate of drug-likeness (QED) is 0.708. The van der Waals surface area contributed by atoms with Gasteiger partial charge in [-0.25, -0.2) is 0 Å². The summed E-state index contributed by atoms with van der Waals surface area (Å²) in [6.45, 7) is 8.82. The third-order valence-electron chi connectivity index (χ3n) is 3.99. The summed E-state index contributed by atoms with van der Waals surface area (Å²) >= 11 is 0. The molecule has 0 fully saturated rings. The first-order valence-electron chi connectivity index (χ1n) is 5.62. The molecule has 0 aliphatic carbocycles. The number of aliphatic imine (C=N–C) groups is 1. The minimum atomic E-state index is -0.0770. The normalized spacial score (nSPS) is 20.3. The van der Waals surface area contributed by atoms with Crippen molar-refractivity contribution >= 4 is 6.21 Å². The molecule has 2 rings (SSSR count). The van der Waals surface area contributed by atoms with Crippen LogP contribution in [0, 0.1) is 0 Å². The number of hydrogen-bond donors (Lipinski definition) is 0. The van der Waals surface area contributed by atoms with E-state index in [1.165, 1.54) is 11.1 Å². The lowest BCUT2D eigenvalue weighted by Crippen LogP contribution is -2.44. The molecule has 1 aliphatic heterocycles. The van der Waals surface area contributed by atoms with Crippen LogP contribution in [0.2, 0.25) is 0 Å². The summed E-state index contributed by atoms with van der Waals surface area (Å²) in [5.41, 5.74) is 2.45. The van der Waals surface area contributed by atoms with Gasteiger partial charge in [-0.1, -0.05) is 13.8 Å². The van der Waals surface area contributed by atoms with Gasteiger partial charge in [-0.2, -0.15) is 0 Å². The standard InChI is InChI=1S/C14H19NO/c1-13(2)12-8-11(16-5)7-6-10(12)9-15-14(13,3)4/h6-9H,1-5H3. The largest absolute Gasteiger partial charge is 0.497 e. The number of benzene rings is 1. The lowest BCUT2D eigenvalue weighted by molar-refractivity contribution is 0.303. The zero-order chi connectivity index (χ0) is 12.0. The number of methoxy groups -OCH3 is 1. The molecule has 0 saturated heterocycles. The van der Waals surface area contributed by atoms with Crippen molar-refractivity contribution in [3.8, 4) is 5.75 Å². The number of hydrogen-bond acceptors (Lipinski definition) is 2. The molecule has 0 bridgehead atoms. The Hall–Kier alpha value is -1.31. The van der Waals surface area contributed by atoms with Gasteiger partial charge in [-0.3, -0.25) is 4.99 Å². The first-order chi connectivity index (χ1) is 7.38. The second kappa shape index (κ2) is 3.34. The molecule has 1 aromatic carbocycles. The summed E-state index contributed by atoms with van der Waals surface area (Å²) in [6.07, 6.45) is 1.97. The van der Waals surface area contributed by atoms with Crippen LogP contribution in [0.4, 0.5) is 0 Å². The maximum Gasteiger partial charge on any atom is 0.119 e. The highest BCUT2D eigenvalue weighted by atomic mass is 16.5. The second-order valence-corrected chi connectivity index (χ2v) is 5.40. The Bertz CT molecular complexity index is 444. The van der Waals surface area contributed by atoms with Crippen molar-refractivity contribution in [2.45, 2.75) is 38.6 Å². The average Bonchev–Trinajstić information content (AvgIpc) is 2.24. The predicted octanol–water partition coefficient (Wildman–Crippen LogP) is 3.18. The smallest absolute Gasteiger partial charge is 0.119 e. The molecular weight excluding hydrogens is 198 g/mol. The van der Waals surface area contributed by atoms with Crippen LogP contribution in [0.15, 0.2) is 23.2 Å². The Labute approximate surface area is 97.4 Å². The highest BCUT2D eigenvalue weighted by molar-refractivity contribution is 5.85. The van der Waals surface area contributed by atoms with Gasteiger partial charge in [0.15, 0.2) is 0 Å². The highest BCUT2D eigenvalue weighted by Gasteiger charge is 2.41. The minimum Gasteiger partial charge on any atom is -0.497 e. The maximum absolute atomic E-state index is 5.30. The first-order valence-corrected chi connectivity index (χ1v) is 5.62. The Balaban J connectivity index is 2.63. The molecule has 2 heteroatoms. The molecule has 2 nitrogen and oxygen atoms in total. The second-order valence-electron chi connectivity index (χ2n) is 5.40. The molecule has 0 spiro atoms. The Morgan fingerprint density at radius 1 is 1.12 bits per heavy atom. The van der Waals surface area contributed by atoms with E-state index in [4.69, 9.17) is 4.74 Å². The molecule has 0 amide bonds. The van der Waals surface area contributed by atoms with E-state index in [0.717, 1.165) is 5.75 Å². The van der Waals surface area contributed by atoms with Gasteiger partial charge in [0.25, 0.3) is 0 Å². The van der Waals surface area contributed by atoms with Crippen LogP contribution in [0.5, 0.6) is 5.75 Å². The van der Waals surface area contributed by atoms with E-state index < -0.39 is 0 Å². The van der Waals surface area contributed by atoms with E-state index >= 15 is 0 Å². The van der Waals surface area contributed by atoms with Crippen molar-refractivity contribution in [2.24, 2.45) is 4.99 Å².